The molecule has 1 saturated heterocycles. The molecule has 1 aliphatic heterocycles. The van der Waals surface area contributed by atoms with Crippen LogP contribution < -0.4 is 0 Å². The van der Waals surface area contributed by atoms with Crippen molar-refractivity contribution in [2.75, 3.05) is 19.3 Å². The summed E-state index contributed by atoms with van der Waals surface area (Å²) >= 11 is 7.28. The van der Waals surface area contributed by atoms with Gasteiger partial charge in [0.2, 0.25) is 10.0 Å². The second-order valence-electron chi connectivity index (χ2n) is 4.85. The Morgan fingerprint density at radius 2 is 2.32 bits per heavy atom. The van der Waals surface area contributed by atoms with Crippen LogP contribution in [-0.4, -0.2) is 37.9 Å². The lowest BCUT2D eigenvalue weighted by atomic mass is 9.94. The molecule has 1 aromatic heterocycles. The van der Waals surface area contributed by atoms with Gasteiger partial charge in [0.25, 0.3) is 0 Å². The summed E-state index contributed by atoms with van der Waals surface area (Å²) in [7, 11) is -3.16. The summed E-state index contributed by atoms with van der Waals surface area (Å²) in [5.74, 6) is 0.106. The number of hydrogen-bond acceptors (Lipinski definition) is 4. The van der Waals surface area contributed by atoms with E-state index in [1.165, 1.54) is 21.9 Å². The van der Waals surface area contributed by atoms with Crippen LogP contribution in [0, 0.1) is 5.92 Å². The number of sulfonamides is 1. The van der Waals surface area contributed by atoms with Crippen molar-refractivity contribution >= 4 is 38.7 Å². The van der Waals surface area contributed by atoms with Gasteiger partial charge < -0.3 is 0 Å². The number of nitrogens with zero attached hydrogens (tertiary/aromatic N) is 1. The van der Waals surface area contributed by atoms with E-state index in [9.17, 15) is 13.2 Å². The molecule has 0 aliphatic carbocycles. The van der Waals surface area contributed by atoms with Gasteiger partial charge in [-0.2, -0.15) is 0 Å². The molecule has 0 aromatic carbocycles. The van der Waals surface area contributed by atoms with E-state index in [2.05, 4.69) is 0 Å². The largest absolute Gasteiger partial charge is 0.293 e. The number of halogens is 1. The van der Waals surface area contributed by atoms with Crippen LogP contribution >= 0.6 is 22.9 Å². The minimum absolute atomic E-state index is 0.0142. The second-order valence-corrected chi connectivity index (χ2v) is 8.16. The monoisotopic (exact) mass is 321 g/mol. The summed E-state index contributed by atoms with van der Waals surface area (Å²) < 4.78 is 24.5. The fourth-order valence-corrected chi connectivity index (χ4v) is 4.40. The maximum absolute atomic E-state index is 12.1. The quantitative estimate of drug-likeness (QED) is 0.801. The molecule has 0 bridgehead atoms. The zero-order valence-electron chi connectivity index (χ0n) is 10.6. The van der Waals surface area contributed by atoms with Crippen molar-refractivity contribution < 1.29 is 13.2 Å². The molecular formula is C12H16ClNO3S2. The first-order chi connectivity index (χ1) is 8.88. The first-order valence-electron chi connectivity index (χ1n) is 6.09. The smallest absolute Gasteiger partial charge is 0.211 e. The van der Waals surface area contributed by atoms with Crippen LogP contribution in [-0.2, 0) is 10.0 Å². The Hall–Kier alpha value is -0.430. The third-order valence-electron chi connectivity index (χ3n) is 3.30. The Balaban J connectivity index is 2.00. The summed E-state index contributed by atoms with van der Waals surface area (Å²) in [4.78, 5) is 12.7. The van der Waals surface area contributed by atoms with E-state index in [1.54, 1.807) is 11.4 Å². The number of ketones is 1. The fraction of sp³-hybridized carbons (Fsp3) is 0.583. The Kier molecular flexibility index (Phi) is 4.66. The fourth-order valence-electron chi connectivity index (χ4n) is 2.34. The lowest BCUT2D eigenvalue weighted by Gasteiger charge is -2.30. The molecule has 0 radical (unpaired) electrons. The average Bonchev–Trinajstić information content (AvgIpc) is 2.75. The lowest BCUT2D eigenvalue weighted by Crippen LogP contribution is -2.39. The van der Waals surface area contributed by atoms with E-state index in [4.69, 9.17) is 11.6 Å². The Labute approximate surface area is 122 Å². The van der Waals surface area contributed by atoms with Crippen molar-refractivity contribution in [1.29, 1.82) is 0 Å². The molecule has 106 valence electrons. The maximum atomic E-state index is 12.1. The summed E-state index contributed by atoms with van der Waals surface area (Å²) in [5.41, 5.74) is 0. The third kappa shape index (κ3) is 3.78. The van der Waals surface area contributed by atoms with E-state index >= 15 is 0 Å². The Morgan fingerprint density at radius 3 is 2.89 bits per heavy atom. The molecule has 0 saturated carbocycles. The standard InChI is InChI=1S/C12H16ClNO3S2/c1-19(16,17)14-5-2-3-9(8-14)7-11(15)12-10(13)4-6-18-12/h4,6,9H,2-3,5,7-8H2,1H3. The minimum atomic E-state index is -3.16. The van der Waals surface area contributed by atoms with Crippen molar-refractivity contribution in [2.24, 2.45) is 5.92 Å². The van der Waals surface area contributed by atoms with Crippen LogP contribution in [0.1, 0.15) is 28.9 Å². The SMILES string of the molecule is CS(=O)(=O)N1CCCC(CC(=O)c2sccc2Cl)C1. The minimum Gasteiger partial charge on any atom is -0.293 e. The Morgan fingerprint density at radius 1 is 1.58 bits per heavy atom. The van der Waals surface area contributed by atoms with Crippen molar-refractivity contribution in [1.82, 2.24) is 4.31 Å². The highest BCUT2D eigenvalue weighted by Gasteiger charge is 2.28. The van der Waals surface area contributed by atoms with Gasteiger partial charge >= 0.3 is 0 Å². The summed E-state index contributed by atoms with van der Waals surface area (Å²) in [6, 6.07) is 1.71. The van der Waals surface area contributed by atoms with E-state index in [-0.39, 0.29) is 11.7 Å². The van der Waals surface area contributed by atoms with Gasteiger partial charge in [-0.05, 0) is 30.2 Å². The molecule has 0 N–H and O–H groups in total. The van der Waals surface area contributed by atoms with Crippen LogP contribution in [0.2, 0.25) is 5.02 Å². The molecule has 2 rings (SSSR count). The number of carbonyl (C=O) groups excluding carboxylic acids is 1. The molecule has 1 aliphatic rings. The zero-order valence-corrected chi connectivity index (χ0v) is 13.0. The van der Waals surface area contributed by atoms with E-state index < -0.39 is 10.0 Å². The molecule has 19 heavy (non-hydrogen) atoms. The number of hydrogen-bond donors (Lipinski definition) is 0. The average molecular weight is 322 g/mol. The summed E-state index contributed by atoms with van der Waals surface area (Å²) in [6.07, 6.45) is 3.28. The molecule has 2 heterocycles. The van der Waals surface area contributed by atoms with Gasteiger partial charge in [-0.15, -0.1) is 11.3 Å². The highest BCUT2D eigenvalue weighted by atomic mass is 35.5. The maximum Gasteiger partial charge on any atom is 0.211 e. The third-order valence-corrected chi connectivity index (χ3v) is 5.95. The van der Waals surface area contributed by atoms with Gasteiger partial charge in [-0.1, -0.05) is 11.6 Å². The first kappa shape index (κ1) is 15.0. The predicted octanol–water partition coefficient (Wildman–Crippen LogP) is 2.65. The molecule has 0 spiro atoms. The predicted molar refractivity (Wildman–Crippen MR) is 77.4 cm³/mol. The van der Waals surface area contributed by atoms with Gasteiger partial charge in [0, 0.05) is 19.5 Å². The van der Waals surface area contributed by atoms with Gasteiger partial charge in [0.05, 0.1) is 16.2 Å². The van der Waals surface area contributed by atoms with Crippen molar-refractivity contribution in [3.63, 3.8) is 0 Å². The number of carbonyl (C=O) groups is 1. The molecular weight excluding hydrogens is 306 g/mol. The molecule has 1 aromatic rings. The topological polar surface area (TPSA) is 54.5 Å². The first-order valence-corrected chi connectivity index (χ1v) is 9.20. The van der Waals surface area contributed by atoms with Gasteiger partial charge in [0.15, 0.2) is 5.78 Å². The highest BCUT2D eigenvalue weighted by Crippen LogP contribution is 2.28. The summed E-state index contributed by atoms with van der Waals surface area (Å²) in [5, 5.41) is 2.28. The molecule has 7 heteroatoms. The van der Waals surface area contributed by atoms with Crippen LogP contribution in [0.3, 0.4) is 0 Å². The van der Waals surface area contributed by atoms with Crippen LogP contribution in [0.4, 0.5) is 0 Å². The molecule has 1 unspecified atom stereocenters. The van der Waals surface area contributed by atoms with Crippen molar-refractivity contribution in [3.05, 3.63) is 21.3 Å². The highest BCUT2D eigenvalue weighted by molar-refractivity contribution is 7.88. The molecule has 1 atom stereocenters. The number of piperidine rings is 1. The van der Waals surface area contributed by atoms with E-state index in [1.807, 2.05) is 0 Å². The van der Waals surface area contributed by atoms with Crippen molar-refractivity contribution in [3.8, 4) is 0 Å². The lowest BCUT2D eigenvalue weighted by molar-refractivity contribution is 0.0946. The number of thiophene rings is 1. The van der Waals surface area contributed by atoms with E-state index in [0.29, 0.717) is 29.4 Å². The number of rotatable bonds is 4. The van der Waals surface area contributed by atoms with Crippen LogP contribution in [0.25, 0.3) is 0 Å². The van der Waals surface area contributed by atoms with Gasteiger partial charge in [-0.3, -0.25) is 4.79 Å². The number of Topliss-reactive ketones (excluding diaryl/α,β-unsaturated/α-hetero) is 1. The van der Waals surface area contributed by atoms with Crippen LogP contribution in [0.15, 0.2) is 11.4 Å². The molecule has 4 nitrogen and oxygen atoms in total. The van der Waals surface area contributed by atoms with Crippen molar-refractivity contribution in [2.45, 2.75) is 19.3 Å². The normalized spacial score (nSPS) is 21.5. The summed E-state index contributed by atoms with van der Waals surface area (Å²) in [6.45, 7) is 0.997. The van der Waals surface area contributed by atoms with Gasteiger partial charge in [-0.25, -0.2) is 12.7 Å². The molecule has 0 amide bonds. The zero-order chi connectivity index (χ0) is 14.0. The molecule has 1 fully saturated rings. The Bertz CT molecular complexity index is 567. The second kappa shape index (κ2) is 5.91. The van der Waals surface area contributed by atoms with E-state index in [0.717, 1.165) is 12.8 Å². The van der Waals surface area contributed by atoms with Crippen LogP contribution in [0.5, 0.6) is 0 Å². The van der Waals surface area contributed by atoms with Gasteiger partial charge in [0.1, 0.15) is 0 Å².